The summed E-state index contributed by atoms with van der Waals surface area (Å²) in [4.78, 5) is 14.9. The van der Waals surface area contributed by atoms with Gasteiger partial charge in [-0.3, -0.25) is 4.79 Å². The smallest absolute Gasteiger partial charge is 0.261 e. The van der Waals surface area contributed by atoms with E-state index < -0.39 is 0 Å². The van der Waals surface area contributed by atoms with Crippen LogP contribution in [0.15, 0.2) is 17.5 Å². The summed E-state index contributed by atoms with van der Waals surface area (Å²) < 4.78 is 0. The van der Waals surface area contributed by atoms with Crippen LogP contribution in [0.1, 0.15) is 28.9 Å². The molecule has 0 saturated carbocycles. The third-order valence-corrected chi connectivity index (χ3v) is 3.78. The van der Waals surface area contributed by atoms with Gasteiger partial charge in [-0.1, -0.05) is 12.5 Å². The molecule has 1 amide bonds. The number of carbonyl (C=O) groups is 1. The Kier molecular flexibility index (Phi) is 4.36. The first-order valence-corrected chi connectivity index (χ1v) is 6.78. The van der Waals surface area contributed by atoms with Crippen molar-refractivity contribution in [1.82, 2.24) is 10.2 Å². The van der Waals surface area contributed by atoms with Gasteiger partial charge in [-0.15, -0.1) is 11.3 Å². The average Bonchev–Trinajstić information content (AvgIpc) is 2.84. The van der Waals surface area contributed by atoms with Gasteiger partial charge in [0.15, 0.2) is 0 Å². The van der Waals surface area contributed by atoms with Gasteiger partial charge in [-0.25, -0.2) is 0 Å². The highest BCUT2D eigenvalue weighted by Crippen LogP contribution is 2.09. The maximum atomic E-state index is 11.6. The third kappa shape index (κ3) is 3.32. The second-order valence-electron chi connectivity index (χ2n) is 4.14. The molecule has 0 unspecified atom stereocenters. The third-order valence-electron chi connectivity index (χ3n) is 2.91. The number of piperidine rings is 1. The van der Waals surface area contributed by atoms with E-state index in [1.807, 2.05) is 17.5 Å². The average molecular weight is 238 g/mol. The molecule has 0 radical (unpaired) electrons. The standard InChI is InChI=1S/C12H18N2OS/c15-12(11-5-4-10-16-11)13-6-9-14-7-2-1-3-8-14/h4-5,10H,1-3,6-9H2,(H,13,15). The lowest BCUT2D eigenvalue weighted by Gasteiger charge is -2.26. The summed E-state index contributed by atoms with van der Waals surface area (Å²) in [6.07, 6.45) is 3.97. The van der Waals surface area contributed by atoms with Crippen molar-refractivity contribution in [2.45, 2.75) is 19.3 Å². The molecule has 1 fully saturated rings. The van der Waals surface area contributed by atoms with Gasteiger partial charge in [0.05, 0.1) is 4.88 Å². The van der Waals surface area contributed by atoms with Crippen LogP contribution >= 0.6 is 11.3 Å². The molecule has 16 heavy (non-hydrogen) atoms. The van der Waals surface area contributed by atoms with E-state index in [0.717, 1.165) is 18.0 Å². The Labute approximate surface area is 100 Å². The molecule has 1 saturated heterocycles. The number of nitrogens with one attached hydrogen (secondary N) is 1. The predicted molar refractivity (Wildman–Crippen MR) is 66.9 cm³/mol. The summed E-state index contributed by atoms with van der Waals surface area (Å²) in [5, 5.41) is 4.89. The largest absolute Gasteiger partial charge is 0.350 e. The Balaban J connectivity index is 1.66. The number of hydrogen-bond acceptors (Lipinski definition) is 3. The minimum atomic E-state index is 0.0620. The second-order valence-corrected chi connectivity index (χ2v) is 5.08. The Morgan fingerprint density at radius 2 is 2.19 bits per heavy atom. The van der Waals surface area contributed by atoms with Crippen molar-refractivity contribution < 1.29 is 4.79 Å². The van der Waals surface area contributed by atoms with Gasteiger partial charge in [0.2, 0.25) is 0 Å². The Hall–Kier alpha value is -0.870. The minimum Gasteiger partial charge on any atom is -0.350 e. The zero-order chi connectivity index (χ0) is 11.2. The van der Waals surface area contributed by atoms with Crippen molar-refractivity contribution in [3.8, 4) is 0 Å². The Morgan fingerprint density at radius 1 is 1.38 bits per heavy atom. The van der Waals surface area contributed by atoms with Crippen molar-refractivity contribution in [1.29, 1.82) is 0 Å². The van der Waals surface area contributed by atoms with E-state index in [2.05, 4.69) is 10.2 Å². The molecule has 3 nitrogen and oxygen atoms in total. The van der Waals surface area contributed by atoms with Crippen LogP contribution in [-0.4, -0.2) is 37.0 Å². The summed E-state index contributed by atoms with van der Waals surface area (Å²) >= 11 is 1.49. The molecule has 0 spiro atoms. The summed E-state index contributed by atoms with van der Waals surface area (Å²) in [7, 11) is 0. The van der Waals surface area contributed by atoms with E-state index in [1.54, 1.807) is 0 Å². The molecule has 0 bridgehead atoms. The molecule has 2 heterocycles. The lowest BCUT2D eigenvalue weighted by Crippen LogP contribution is -2.37. The fourth-order valence-corrected chi connectivity index (χ4v) is 2.65. The van der Waals surface area contributed by atoms with Crippen molar-refractivity contribution in [2.24, 2.45) is 0 Å². The van der Waals surface area contributed by atoms with Crippen LogP contribution in [0.25, 0.3) is 0 Å². The molecule has 1 aromatic rings. The van der Waals surface area contributed by atoms with Crippen LogP contribution in [0.4, 0.5) is 0 Å². The van der Waals surface area contributed by atoms with Crippen molar-refractivity contribution >= 4 is 17.2 Å². The van der Waals surface area contributed by atoms with E-state index in [1.165, 1.54) is 43.7 Å². The monoisotopic (exact) mass is 238 g/mol. The maximum Gasteiger partial charge on any atom is 0.261 e. The molecule has 1 aromatic heterocycles. The van der Waals surface area contributed by atoms with E-state index in [9.17, 15) is 4.79 Å². The lowest BCUT2D eigenvalue weighted by molar-refractivity contribution is 0.0950. The molecule has 0 aliphatic carbocycles. The van der Waals surface area contributed by atoms with Crippen LogP contribution in [0.3, 0.4) is 0 Å². The summed E-state index contributed by atoms with van der Waals surface area (Å²) in [6.45, 7) is 4.12. The van der Waals surface area contributed by atoms with Crippen LogP contribution in [-0.2, 0) is 0 Å². The summed E-state index contributed by atoms with van der Waals surface area (Å²) in [5.41, 5.74) is 0. The normalized spacial score (nSPS) is 17.2. The molecule has 4 heteroatoms. The predicted octanol–water partition coefficient (Wildman–Crippen LogP) is 1.96. The first-order chi connectivity index (χ1) is 7.86. The Morgan fingerprint density at radius 3 is 2.88 bits per heavy atom. The zero-order valence-corrected chi connectivity index (χ0v) is 10.3. The number of hydrogen-bond donors (Lipinski definition) is 1. The molecule has 1 aliphatic rings. The Bertz CT molecular complexity index is 318. The van der Waals surface area contributed by atoms with Gasteiger partial charge in [-0.05, 0) is 37.4 Å². The van der Waals surface area contributed by atoms with Crippen LogP contribution in [0.2, 0.25) is 0 Å². The summed E-state index contributed by atoms with van der Waals surface area (Å²) in [5.74, 6) is 0.0620. The molecule has 1 aliphatic heterocycles. The molecular formula is C12H18N2OS. The first kappa shape index (κ1) is 11.6. The van der Waals surface area contributed by atoms with Gasteiger partial charge in [-0.2, -0.15) is 0 Å². The van der Waals surface area contributed by atoms with Crippen LogP contribution in [0.5, 0.6) is 0 Å². The van der Waals surface area contributed by atoms with Gasteiger partial charge in [0.1, 0.15) is 0 Å². The number of amides is 1. The SMILES string of the molecule is O=C(NCCN1CCCCC1)c1cccs1. The number of thiophene rings is 1. The van der Waals surface area contributed by atoms with Gasteiger partial charge < -0.3 is 10.2 Å². The van der Waals surface area contributed by atoms with Crippen LogP contribution < -0.4 is 5.32 Å². The van der Waals surface area contributed by atoms with Crippen molar-refractivity contribution in [3.63, 3.8) is 0 Å². The zero-order valence-electron chi connectivity index (χ0n) is 9.45. The van der Waals surface area contributed by atoms with Crippen molar-refractivity contribution in [3.05, 3.63) is 22.4 Å². The highest BCUT2D eigenvalue weighted by atomic mass is 32.1. The molecule has 2 rings (SSSR count). The number of rotatable bonds is 4. The van der Waals surface area contributed by atoms with E-state index >= 15 is 0 Å². The molecule has 88 valence electrons. The number of carbonyl (C=O) groups excluding carboxylic acids is 1. The first-order valence-electron chi connectivity index (χ1n) is 5.90. The van der Waals surface area contributed by atoms with E-state index in [4.69, 9.17) is 0 Å². The van der Waals surface area contributed by atoms with Crippen molar-refractivity contribution in [2.75, 3.05) is 26.2 Å². The highest BCUT2D eigenvalue weighted by Gasteiger charge is 2.10. The molecular weight excluding hydrogens is 220 g/mol. The topological polar surface area (TPSA) is 32.3 Å². The fraction of sp³-hybridized carbons (Fsp3) is 0.583. The van der Waals surface area contributed by atoms with Crippen LogP contribution in [0, 0.1) is 0 Å². The van der Waals surface area contributed by atoms with Gasteiger partial charge >= 0.3 is 0 Å². The second kappa shape index (κ2) is 6.01. The van der Waals surface area contributed by atoms with E-state index in [-0.39, 0.29) is 5.91 Å². The molecule has 1 N–H and O–H groups in total. The lowest BCUT2D eigenvalue weighted by atomic mass is 10.1. The molecule has 0 atom stereocenters. The number of nitrogens with zero attached hydrogens (tertiary/aromatic N) is 1. The summed E-state index contributed by atoms with van der Waals surface area (Å²) in [6, 6.07) is 3.77. The van der Waals surface area contributed by atoms with Gasteiger partial charge in [0.25, 0.3) is 5.91 Å². The molecule has 0 aromatic carbocycles. The highest BCUT2D eigenvalue weighted by molar-refractivity contribution is 7.12. The minimum absolute atomic E-state index is 0.0620. The van der Waals surface area contributed by atoms with E-state index in [0.29, 0.717) is 0 Å². The van der Waals surface area contributed by atoms with Gasteiger partial charge in [0, 0.05) is 13.1 Å². The maximum absolute atomic E-state index is 11.6. The number of likely N-dealkylation sites (tertiary alicyclic amines) is 1. The quantitative estimate of drug-likeness (QED) is 0.869. The fourth-order valence-electron chi connectivity index (χ4n) is 2.01.